The number of benzene rings is 1. The van der Waals surface area contributed by atoms with E-state index in [4.69, 9.17) is 26.5 Å². The van der Waals surface area contributed by atoms with Gasteiger partial charge in [-0.3, -0.25) is 5.41 Å². The van der Waals surface area contributed by atoms with Crippen molar-refractivity contribution < 1.29 is 9.47 Å². The molecular formula is C20H17ClN4O2. The molecule has 27 heavy (non-hydrogen) atoms. The topological polar surface area (TPSA) is 114 Å². The third-order valence-electron chi connectivity index (χ3n) is 6.32. The molecule has 0 aromatic heterocycles. The second-order valence-electron chi connectivity index (χ2n) is 7.68. The summed E-state index contributed by atoms with van der Waals surface area (Å²) in [5.74, 6) is -1.76. The Hall–Kier alpha value is -2.59. The fourth-order valence-electron chi connectivity index (χ4n) is 5.00. The summed E-state index contributed by atoms with van der Waals surface area (Å²) in [6, 6.07) is 13.0. The minimum Gasteiger partial charge on any atom is -0.447 e. The van der Waals surface area contributed by atoms with Crippen LogP contribution in [0.5, 0.6) is 0 Å². The molecular weight excluding hydrogens is 364 g/mol. The molecule has 1 saturated carbocycles. The summed E-state index contributed by atoms with van der Waals surface area (Å²) in [6.45, 7) is 2.06. The Labute approximate surface area is 162 Å². The van der Waals surface area contributed by atoms with Crippen LogP contribution in [0, 0.1) is 62.1 Å². The van der Waals surface area contributed by atoms with Crippen LogP contribution < -0.4 is 0 Å². The predicted octanol–water partition coefficient (Wildman–Crippen LogP) is 4.09. The number of rotatable bonds is 1. The average Bonchev–Trinajstić information content (AvgIpc) is 2.86. The van der Waals surface area contributed by atoms with Gasteiger partial charge in [0, 0.05) is 11.4 Å². The number of nitrogens with one attached hydrogen (secondary N) is 1. The van der Waals surface area contributed by atoms with E-state index < -0.39 is 28.6 Å². The van der Waals surface area contributed by atoms with Crippen LogP contribution in [-0.2, 0) is 9.47 Å². The Morgan fingerprint density at radius 3 is 2.59 bits per heavy atom. The van der Waals surface area contributed by atoms with E-state index in [1.165, 1.54) is 0 Å². The Morgan fingerprint density at radius 1 is 1.22 bits per heavy atom. The van der Waals surface area contributed by atoms with Crippen molar-refractivity contribution in [2.45, 2.75) is 38.1 Å². The minimum absolute atomic E-state index is 0.284. The quantitative estimate of drug-likeness (QED) is 0.787. The zero-order chi connectivity index (χ0) is 19.4. The van der Waals surface area contributed by atoms with Crippen molar-refractivity contribution >= 4 is 17.5 Å². The highest BCUT2D eigenvalue weighted by atomic mass is 35.5. The second kappa shape index (κ2) is 5.70. The summed E-state index contributed by atoms with van der Waals surface area (Å²) in [6.07, 6.45) is 0.843. The maximum atomic E-state index is 10.2. The van der Waals surface area contributed by atoms with E-state index in [-0.39, 0.29) is 11.8 Å². The molecule has 0 radical (unpaired) electrons. The van der Waals surface area contributed by atoms with Crippen LogP contribution >= 0.6 is 11.6 Å². The third kappa shape index (κ3) is 1.99. The number of nitrogens with zero attached hydrogens (tertiary/aromatic N) is 3. The lowest BCUT2D eigenvalue weighted by molar-refractivity contribution is -0.298. The molecule has 136 valence electrons. The van der Waals surface area contributed by atoms with Gasteiger partial charge in [0.25, 0.3) is 0 Å². The monoisotopic (exact) mass is 380 g/mol. The molecule has 1 aromatic rings. The van der Waals surface area contributed by atoms with Crippen LogP contribution in [-0.4, -0.2) is 11.7 Å². The molecule has 5 unspecified atom stereocenters. The van der Waals surface area contributed by atoms with Gasteiger partial charge in [-0.1, -0.05) is 30.7 Å². The SMILES string of the molecule is CC1CCC23OC(=N)C(C#N)(C2C1)C(C#N)(C#N)C(c1cccc(Cl)c1)O3. The Bertz CT molecular complexity index is 944. The van der Waals surface area contributed by atoms with Gasteiger partial charge in [-0.2, -0.15) is 15.8 Å². The van der Waals surface area contributed by atoms with E-state index in [1.54, 1.807) is 24.3 Å². The first-order valence-corrected chi connectivity index (χ1v) is 9.22. The van der Waals surface area contributed by atoms with E-state index in [1.807, 2.05) is 0 Å². The number of ether oxygens (including phenoxy) is 2. The fourth-order valence-corrected chi connectivity index (χ4v) is 5.20. The molecule has 2 aliphatic heterocycles. The lowest BCUT2D eigenvalue weighted by atomic mass is 9.50. The van der Waals surface area contributed by atoms with Gasteiger partial charge in [0.2, 0.25) is 17.1 Å². The molecule has 7 heteroatoms. The van der Waals surface area contributed by atoms with Crippen LogP contribution in [0.2, 0.25) is 5.02 Å². The zero-order valence-electron chi connectivity index (χ0n) is 14.7. The maximum absolute atomic E-state index is 10.2. The van der Waals surface area contributed by atoms with Gasteiger partial charge in [0.15, 0.2) is 5.41 Å². The first kappa shape index (κ1) is 17.8. The molecule has 5 atom stereocenters. The normalized spacial score (nSPS) is 38.6. The molecule has 4 rings (SSSR count). The predicted molar refractivity (Wildman–Crippen MR) is 95.0 cm³/mol. The third-order valence-corrected chi connectivity index (χ3v) is 6.56. The van der Waals surface area contributed by atoms with Crippen molar-refractivity contribution in [1.29, 1.82) is 21.2 Å². The second-order valence-corrected chi connectivity index (χ2v) is 8.12. The molecule has 6 nitrogen and oxygen atoms in total. The van der Waals surface area contributed by atoms with E-state index in [0.717, 1.165) is 6.42 Å². The molecule has 2 saturated heterocycles. The molecule has 3 fully saturated rings. The van der Waals surface area contributed by atoms with Crippen molar-refractivity contribution in [3.63, 3.8) is 0 Å². The lowest BCUT2D eigenvalue weighted by Crippen LogP contribution is -2.60. The van der Waals surface area contributed by atoms with Crippen molar-refractivity contribution in [2.75, 3.05) is 0 Å². The van der Waals surface area contributed by atoms with Gasteiger partial charge in [-0.05, 0) is 36.5 Å². The molecule has 2 heterocycles. The summed E-state index contributed by atoms with van der Waals surface area (Å²) >= 11 is 6.12. The van der Waals surface area contributed by atoms with E-state index in [9.17, 15) is 15.8 Å². The summed E-state index contributed by atoms with van der Waals surface area (Å²) in [5, 5.41) is 39.4. The standard InChI is InChI=1S/C20H17ClN4O2/c1-12-5-6-20-15(7-12)19(11-24,17(25)27-20)18(9-22,10-23)16(26-20)13-3-2-4-14(21)8-13/h2-4,8,12,15-16,25H,5-7H2,1H3. The Morgan fingerprint density at radius 2 is 1.96 bits per heavy atom. The Kier molecular flexibility index (Phi) is 3.76. The van der Waals surface area contributed by atoms with Crippen LogP contribution in [0.3, 0.4) is 0 Å². The van der Waals surface area contributed by atoms with Crippen molar-refractivity contribution in [2.24, 2.45) is 22.7 Å². The van der Waals surface area contributed by atoms with E-state index >= 15 is 0 Å². The fraction of sp³-hybridized carbons (Fsp3) is 0.500. The largest absolute Gasteiger partial charge is 0.447 e. The first-order valence-electron chi connectivity index (χ1n) is 8.84. The van der Waals surface area contributed by atoms with Gasteiger partial charge < -0.3 is 9.47 Å². The molecule has 3 aliphatic rings. The van der Waals surface area contributed by atoms with Gasteiger partial charge in [-0.25, -0.2) is 0 Å². The van der Waals surface area contributed by atoms with Gasteiger partial charge in [0.1, 0.15) is 6.10 Å². The van der Waals surface area contributed by atoms with Gasteiger partial charge >= 0.3 is 0 Å². The summed E-state index contributed by atoms with van der Waals surface area (Å²) in [5.41, 5.74) is -3.07. The number of nitriles is 3. The minimum atomic E-state index is -1.91. The summed E-state index contributed by atoms with van der Waals surface area (Å²) in [7, 11) is 0. The van der Waals surface area contributed by atoms with Crippen molar-refractivity contribution in [1.82, 2.24) is 0 Å². The highest BCUT2D eigenvalue weighted by Crippen LogP contribution is 2.69. The molecule has 1 aliphatic carbocycles. The van der Waals surface area contributed by atoms with Crippen LogP contribution in [0.1, 0.15) is 37.9 Å². The molecule has 1 N–H and O–H groups in total. The van der Waals surface area contributed by atoms with E-state index in [2.05, 4.69) is 25.1 Å². The number of hydrogen-bond acceptors (Lipinski definition) is 6. The molecule has 0 amide bonds. The van der Waals surface area contributed by atoms with Crippen LogP contribution in [0.15, 0.2) is 24.3 Å². The highest BCUT2D eigenvalue weighted by molar-refractivity contribution is 6.30. The highest BCUT2D eigenvalue weighted by Gasteiger charge is 2.80. The smallest absolute Gasteiger partial charge is 0.217 e. The first-order chi connectivity index (χ1) is 12.9. The number of halogens is 1. The van der Waals surface area contributed by atoms with Crippen LogP contribution in [0.4, 0.5) is 0 Å². The molecule has 0 spiro atoms. The van der Waals surface area contributed by atoms with Gasteiger partial charge in [-0.15, -0.1) is 0 Å². The van der Waals surface area contributed by atoms with E-state index in [0.29, 0.717) is 23.4 Å². The summed E-state index contributed by atoms with van der Waals surface area (Å²) < 4.78 is 12.2. The Balaban J connectivity index is 2.00. The lowest BCUT2D eigenvalue weighted by Gasteiger charge is -2.52. The van der Waals surface area contributed by atoms with Crippen molar-refractivity contribution in [3.05, 3.63) is 34.9 Å². The zero-order valence-corrected chi connectivity index (χ0v) is 15.5. The average molecular weight is 381 g/mol. The van der Waals surface area contributed by atoms with Crippen LogP contribution in [0.25, 0.3) is 0 Å². The number of hydrogen-bond donors (Lipinski definition) is 1. The van der Waals surface area contributed by atoms with Gasteiger partial charge in [0.05, 0.1) is 24.1 Å². The summed E-state index contributed by atoms with van der Waals surface area (Å²) in [4.78, 5) is 0. The maximum Gasteiger partial charge on any atom is 0.217 e. The molecule has 1 aromatic carbocycles. The van der Waals surface area contributed by atoms with Crippen molar-refractivity contribution in [3.8, 4) is 18.2 Å². The molecule has 2 bridgehead atoms.